The highest BCUT2D eigenvalue weighted by Crippen LogP contribution is 2.14. The molecule has 0 spiro atoms. The van der Waals surface area contributed by atoms with Gasteiger partial charge in [-0.15, -0.1) is 0 Å². The first kappa shape index (κ1) is 22.7. The third-order valence-electron chi connectivity index (χ3n) is 5.09. The summed E-state index contributed by atoms with van der Waals surface area (Å²) in [4.78, 5) is 9.19. The lowest BCUT2D eigenvalue weighted by Gasteiger charge is -2.34. The van der Waals surface area contributed by atoms with E-state index in [0.29, 0.717) is 6.10 Å². The number of rotatable bonds is 11. The predicted molar refractivity (Wildman–Crippen MR) is 116 cm³/mol. The molecule has 158 valence electrons. The molecule has 0 atom stereocenters. The Balaban J connectivity index is 1.59. The number of ether oxygens (including phenoxy) is 2. The maximum Gasteiger partial charge on any atom is 0.193 e. The normalized spacial score (nSPS) is 16.0. The monoisotopic (exact) mass is 390 g/mol. The van der Waals surface area contributed by atoms with Gasteiger partial charge in [0.15, 0.2) is 5.96 Å². The summed E-state index contributed by atoms with van der Waals surface area (Å²) in [7, 11) is 5.79. The van der Waals surface area contributed by atoms with E-state index >= 15 is 0 Å². The quantitative estimate of drug-likeness (QED) is 0.358. The molecule has 6 heteroatoms. The maximum atomic E-state index is 5.95. The average Bonchev–Trinajstić information content (AvgIpc) is 2.73. The van der Waals surface area contributed by atoms with Crippen LogP contribution in [0.4, 0.5) is 0 Å². The molecule has 0 bridgehead atoms. The molecule has 1 heterocycles. The van der Waals surface area contributed by atoms with Crippen LogP contribution in [0.3, 0.4) is 0 Å². The Morgan fingerprint density at radius 3 is 2.61 bits per heavy atom. The lowest BCUT2D eigenvalue weighted by molar-refractivity contribution is 0.00991. The third kappa shape index (κ3) is 8.59. The van der Waals surface area contributed by atoms with Gasteiger partial charge in [0.05, 0.1) is 6.10 Å². The van der Waals surface area contributed by atoms with Gasteiger partial charge in [0, 0.05) is 53.6 Å². The first-order chi connectivity index (χ1) is 13.7. The molecule has 0 aliphatic carbocycles. The molecule has 2 rings (SSSR count). The molecule has 1 aromatic carbocycles. The number of aliphatic imine (C=N–C) groups is 1. The van der Waals surface area contributed by atoms with E-state index in [1.54, 1.807) is 7.11 Å². The number of piperidine rings is 1. The highest BCUT2D eigenvalue weighted by Gasteiger charge is 2.21. The van der Waals surface area contributed by atoms with Crippen molar-refractivity contribution >= 4 is 5.96 Å². The van der Waals surface area contributed by atoms with Crippen molar-refractivity contribution in [2.24, 2.45) is 4.99 Å². The minimum atomic E-state index is 0.373. The summed E-state index contributed by atoms with van der Waals surface area (Å²) < 4.78 is 11.0. The smallest absolute Gasteiger partial charge is 0.193 e. The number of methoxy groups -OCH3 is 1. The molecule has 0 amide bonds. The Kier molecular flexibility index (Phi) is 10.9. The van der Waals surface area contributed by atoms with Crippen molar-refractivity contribution in [3.05, 3.63) is 35.9 Å². The van der Waals surface area contributed by atoms with Crippen molar-refractivity contribution in [1.29, 1.82) is 0 Å². The molecule has 1 aliphatic rings. The SMILES string of the molecule is CN=C(NCCCN(C)Cc1ccccc1)N1CCC(OCCCOC)CC1. The number of hydrogen-bond donors (Lipinski definition) is 1. The second-order valence-electron chi connectivity index (χ2n) is 7.45. The summed E-state index contributed by atoms with van der Waals surface area (Å²) in [6, 6.07) is 10.6. The molecule has 0 saturated carbocycles. The Labute approximate surface area is 170 Å². The molecule has 28 heavy (non-hydrogen) atoms. The van der Waals surface area contributed by atoms with Gasteiger partial charge in [-0.25, -0.2) is 0 Å². The number of hydrogen-bond acceptors (Lipinski definition) is 4. The van der Waals surface area contributed by atoms with E-state index in [-0.39, 0.29) is 0 Å². The van der Waals surface area contributed by atoms with E-state index in [4.69, 9.17) is 9.47 Å². The highest BCUT2D eigenvalue weighted by atomic mass is 16.5. The van der Waals surface area contributed by atoms with Crippen molar-refractivity contribution in [3.8, 4) is 0 Å². The first-order valence-corrected chi connectivity index (χ1v) is 10.5. The molecular weight excluding hydrogens is 352 g/mol. The second kappa shape index (κ2) is 13.5. The summed E-state index contributed by atoms with van der Waals surface area (Å²) in [5, 5.41) is 3.53. The molecule has 1 saturated heterocycles. The molecule has 0 aromatic heterocycles. The number of nitrogens with zero attached hydrogens (tertiary/aromatic N) is 3. The lowest BCUT2D eigenvalue weighted by Crippen LogP contribution is -2.47. The zero-order chi connectivity index (χ0) is 20.0. The van der Waals surface area contributed by atoms with Gasteiger partial charge < -0.3 is 24.6 Å². The summed E-state index contributed by atoms with van der Waals surface area (Å²) >= 11 is 0. The van der Waals surface area contributed by atoms with E-state index in [9.17, 15) is 0 Å². The van der Waals surface area contributed by atoms with Gasteiger partial charge in [-0.2, -0.15) is 0 Å². The van der Waals surface area contributed by atoms with Gasteiger partial charge in [-0.05, 0) is 44.8 Å². The van der Waals surface area contributed by atoms with Crippen LogP contribution in [0.15, 0.2) is 35.3 Å². The second-order valence-corrected chi connectivity index (χ2v) is 7.45. The average molecular weight is 391 g/mol. The summed E-state index contributed by atoms with van der Waals surface area (Å²) in [5.41, 5.74) is 1.36. The third-order valence-corrected chi connectivity index (χ3v) is 5.09. The minimum absolute atomic E-state index is 0.373. The Hall–Kier alpha value is -1.63. The Morgan fingerprint density at radius 2 is 1.93 bits per heavy atom. The van der Waals surface area contributed by atoms with Crippen LogP contribution >= 0.6 is 0 Å². The topological polar surface area (TPSA) is 49.3 Å². The highest BCUT2D eigenvalue weighted by molar-refractivity contribution is 5.79. The molecule has 0 radical (unpaired) electrons. The molecular formula is C22H38N4O2. The van der Waals surface area contributed by atoms with Gasteiger partial charge in [-0.1, -0.05) is 30.3 Å². The number of nitrogens with one attached hydrogen (secondary N) is 1. The molecule has 1 aliphatic heterocycles. The number of benzene rings is 1. The van der Waals surface area contributed by atoms with Crippen LogP contribution in [0.2, 0.25) is 0 Å². The van der Waals surface area contributed by atoms with Crippen molar-refractivity contribution in [2.75, 3.05) is 60.6 Å². The zero-order valence-electron chi connectivity index (χ0n) is 17.9. The summed E-state index contributed by atoms with van der Waals surface area (Å²) in [5.74, 6) is 1.02. The van der Waals surface area contributed by atoms with E-state index in [1.807, 2.05) is 7.05 Å². The fraction of sp³-hybridized carbons (Fsp3) is 0.682. The molecule has 1 aromatic rings. The maximum absolute atomic E-state index is 5.95. The van der Waals surface area contributed by atoms with Gasteiger partial charge in [-0.3, -0.25) is 4.99 Å². The van der Waals surface area contributed by atoms with E-state index in [1.165, 1.54) is 5.56 Å². The van der Waals surface area contributed by atoms with Crippen LogP contribution in [0, 0.1) is 0 Å². The van der Waals surface area contributed by atoms with Crippen molar-refractivity contribution < 1.29 is 9.47 Å². The first-order valence-electron chi connectivity index (χ1n) is 10.5. The fourth-order valence-corrected chi connectivity index (χ4v) is 3.54. The van der Waals surface area contributed by atoms with E-state index in [2.05, 4.69) is 57.5 Å². The Morgan fingerprint density at radius 1 is 1.18 bits per heavy atom. The Bertz CT molecular complexity index is 545. The van der Waals surface area contributed by atoms with Gasteiger partial charge >= 0.3 is 0 Å². The van der Waals surface area contributed by atoms with E-state index < -0.39 is 0 Å². The van der Waals surface area contributed by atoms with Gasteiger partial charge in [0.2, 0.25) is 0 Å². The zero-order valence-corrected chi connectivity index (χ0v) is 17.9. The minimum Gasteiger partial charge on any atom is -0.385 e. The van der Waals surface area contributed by atoms with Crippen molar-refractivity contribution in [3.63, 3.8) is 0 Å². The fourth-order valence-electron chi connectivity index (χ4n) is 3.54. The van der Waals surface area contributed by atoms with Crippen LogP contribution < -0.4 is 5.32 Å². The molecule has 6 nitrogen and oxygen atoms in total. The summed E-state index contributed by atoms with van der Waals surface area (Å²) in [6.45, 7) is 6.58. The lowest BCUT2D eigenvalue weighted by atomic mass is 10.1. The van der Waals surface area contributed by atoms with Crippen LogP contribution in [-0.2, 0) is 16.0 Å². The van der Waals surface area contributed by atoms with Gasteiger partial charge in [0.1, 0.15) is 0 Å². The standard InChI is InChI=1S/C22H38N4O2/c1-23-22(26-15-11-21(12-16-26)28-18-8-17-27-3)24-13-7-14-25(2)19-20-9-5-4-6-10-20/h4-6,9-10,21H,7-8,11-19H2,1-3H3,(H,23,24). The summed E-state index contributed by atoms with van der Waals surface area (Å²) in [6.07, 6.45) is 4.57. The predicted octanol–water partition coefficient (Wildman–Crippen LogP) is 2.60. The van der Waals surface area contributed by atoms with Crippen molar-refractivity contribution in [2.45, 2.75) is 38.3 Å². The van der Waals surface area contributed by atoms with E-state index in [0.717, 1.165) is 77.6 Å². The largest absolute Gasteiger partial charge is 0.385 e. The number of likely N-dealkylation sites (tertiary alicyclic amines) is 1. The van der Waals surface area contributed by atoms with Crippen LogP contribution in [0.5, 0.6) is 0 Å². The number of guanidine groups is 1. The molecule has 1 fully saturated rings. The van der Waals surface area contributed by atoms with Gasteiger partial charge in [0.25, 0.3) is 0 Å². The van der Waals surface area contributed by atoms with Crippen LogP contribution in [0.1, 0.15) is 31.2 Å². The van der Waals surface area contributed by atoms with Crippen LogP contribution in [0.25, 0.3) is 0 Å². The van der Waals surface area contributed by atoms with Crippen molar-refractivity contribution in [1.82, 2.24) is 15.1 Å². The molecule has 0 unspecified atom stereocenters. The molecule has 1 N–H and O–H groups in total. The van der Waals surface area contributed by atoms with Crippen LogP contribution in [-0.4, -0.2) is 82.5 Å².